The van der Waals surface area contributed by atoms with Crippen molar-refractivity contribution in [2.24, 2.45) is 0 Å². The number of hydrogen-bond donors (Lipinski definition) is 0. The van der Waals surface area contributed by atoms with E-state index < -0.39 is 0 Å². The summed E-state index contributed by atoms with van der Waals surface area (Å²) < 4.78 is 7.90. The summed E-state index contributed by atoms with van der Waals surface area (Å²) in [5, 5.41) is 18.2. The maximum absolute atomic E-state index is 2.68. The van der Waals surface area contributed by atoms with Gasteiger partial charge in [0.05, 0.1) is 38.8 Å². The summed E-state index contributed by atoms with van der Waals surface area (Å²) in [6, 6.07) is 78.7. The first-order chi connectivity index (χ1) is 33.8. The molecule has 0 unspecified atom stereocenters. The molecule has 68 heavy (non-hydrogen) atoms. The minimum absolute atomic E-state index is 0.0229. The maximum atomic E-state index is 2.68. The third kappa shape index (κ3) is 3.86. The lowest BCUT2D eigenvalue weighted by Crippen LogP contribution is -2.59. The maximum Gasteiger partial charge on any atom is 0.252 e. The van der Waals surface area contributed by atoms with E-state index in [0.29, 0.717) is 0 Å². The van der Waals surface area contributed by atoms with Crippen LogP contribution in [0.2, 0.25) is 0 Å². The molecule has 2 aliphatic heterocycles. The SMILES string of the molecule is c1ccc2c(c1)-c1cccc3cc4c5c(c13)c1c-2cccc1n5-c1cc(-n2c3ccccc3c3c5ccccc5ccc32)cc2c1B4c1cc3ccccc3c3c4c5ccccc5ccc4n-2c13. The van der Waals surface area contributed by atoms with E-state index in [1.807, 2.05) is 0 Å². The number of fused-ring (bicyclic) bond motifs is 20. The van der Waals surface area contributed by atoms with Gasteiger partial charge in [0.2, 0.25) is 0 Å². The van der Waals surface area contributed by atoms with Gasteiger partial charge in [0.1, 0.15) is 0 Å². The second-order valence-electron chi connectivity index (χ2n) is 19.5. The van der Waals surface area contributed by atoms with E-state index in [-0.39, 0.29) is 6.71 Å². The van der Waals surface area contributed by atoms with Gasteiger partial charge in [-0.05, 0) is 118 Å². The summed E-state index contributed by atoms with van der Waals surface area (Å²) in [4.78, 5) is 0. The zero-order valence-corrected chi connectivity index (χ0v) is 36.5. The van der Waals surface area contributed by atoms with E-state index in [9.17, 15) is 0 Å². The van der Waals surface area contributed by atoms with E-state index in [2.05, 4.69) is 220 Å². The van der Waals surface area contributed by atoms with Gasteiger partial charge in [-0.3, -0.25) is 0 Å². The molecule has 1 aliphatic carbocycles. The zero-order chi connectivity index (χ0) is 43.7. The van der Waals surface area contributed by atoms with Gasteiger partial charge in [-0.1, -0.05) is 170 Å². The van der Waals surface area contributed by atoms with E-state index >= 15 is 0 Å². The molecule has 0 fully saturated rings. The minimum atomic E-state index is -0.0229. The minimum Gasteiger partial charge on any atom is -0.310 e. The molecular formula is C64H34BN3. The van der Waals surface area contributed by atoms with E-state index in [4.69, 9.17) is 0 Å². The van der Waals surface area contributed by atoms with Crippen LogP contribution in [0.1, 0.15) is 0 Å². The van der Waals surface area contributed by atoms with Gasteiger partial charge in [-0.2, -0.15) is 0 Å². The van der Waals surface area contributed by atoms with Crippen LogP contribution in [0.15, 0.2) is 206 Å². The Bertz CT molecular complexity index is 4920. The lowest BCUT2D eigenvalue weighted by Gasteiger charge is -2.35. The monoisotopic (exact) mass is 855 g/mol. The molecule has 0 saturated carbocycles. The van der Waals surface area contributed by atoms with Crippen molar-refractivity contribution in [3.05, 3.63) is 206 Å². The fraction of sp³-hybridized carbons (Fsp3) is 0. The Morgan fingerprint density at radius 3 is 1.49 bits per heavy atom. The van der Waals surface area contributed by atoms with E-state index in [1.54, 1.807) is 0 Å². The largest absolute Gasteiger partial charge is 0.310 e. The van der Waals surface area contributed by atoms with Gasteiger partial charge in [-0.25, -0.2) is 0 Å². The number of para-hydroxylation sites is 1. The highest BCUT2D eigenvalue weighted by atomic mass is 15.1. The van der Waals surface area contributed by atoms with Gasteiger partial charge in [0.15, 0.2) is 0 Å². The van der Waals surface area contributed by atoms with Crippen LogP contribution in [0.3, 0.4) is 0 Å². The standard InChI is InChI=1S/C64H34BN3/c1-4-17-40-35(13-1)27-29-52-57(40)47-22-9-10-25-50(47)66(52)39-33-54-62-55(34-39)68-53-30-28-36-14-2-5-18-41(36)58(53)60-42-19-6-3-15-37(42)31-48(63(60)68)65(62)49-32-38-16-11-23-45-43-20-7-8-21-44(43)46-24-12-26-51-59(46)61(56(38)45)64(49)67(51)54/h1-34H. The van der Waals surface area contributed by atoms with Crippen molar-refractivity contribution in [1.82, 2.24) is 13.7 Å². The predicted octanol–water partition coefficient (Wildman–Crippen LogP) is 14.4. The Kier molecular flexibility index (Phi) is 5.96. The smallest absolute Gasteiger partial charge is 0.252 e. The Balaban J connectivity index is 1.11. The van der Waals surface area contributed by atoms with Gasteiger partial charge in [0.25, 0.3) is 6.71 Å². The highest BCUT2D eigenvalue weighted by Gasteiger charge is 2.43. The van der Waals surface area contributed by atoms with Gasteiger partial charge >= 0.3 is 0 Å². The van der Waals surface area contributed by atoms with Crippen LogP contribution in [0.5, 0.6) is 0 Å². The molecule has 18 rings (SSSR count). The molecule has 5 heterocycles. The van der Waals surface area contributed by atoms with Gasteiger partial charge < -0.3 is 13.7 Å². The summed E-state index contributed by atoms with van der Waals surface area (Å²) in [7, 11) is 0. The number of nitrogens with zero attached hydrogens (tertiary/aromatic N) is 3. The third-order valence-electron chi connectivity index (χ3n) is 16.4. The fourth-order valence-corrected chi connectivity index (χ4v) is 14.0. The van der Waals surface area contributed by atoms with Crippen LogP contribution >= 0.6 is 0 Å². The summed E-state index contributed by atoms with van der Waals surface area (Å²) in [5.41, 5.74) is 20.5. The summed E-state index contributed by atoms with van der Waals surface area (Å²) in [5.74, 6) is 0. The average Bonchev–Trinajstić information content (AvgIpc) is 4.03. The van der Waals surface area contributed by atoms with Crippen LogP contribution in [0.25, 0.3) is 148 Å². The van der Waals surface area contributed by atoms with Crippen LogP contribution < -0.4 is 16.4 Å². The topological polar surface area (TPSA) is 14.8 Å². The molecule has 3 nitrogen and oxygen atoms in total. The number of hydrogen-bond acceptors (Lipinski definition) is 0. The van der Waals surface area contributed by atoms with Crippen LogP contribution in [0.4, 0.5) is 0 Å². The fourth-order valence-electron chi connectivity index (χ4n) is 14.0. The van der Waals surface area contributed by atoms with Crippen molar-refractivity contribution in [2.45, 2.75) is 0 Å². The molecule has 0 spiro atoms. The second kappa shape index (κ2) is 11.7. The molecule has 0 saturated heterocycles. The highest BCUT2D eigenvalue weighted by molar-refractivity contribution is 7.00. The molecule has 0 atom stereocenters. The Labute approximate surface area is 389 Å². The zero-order valence-electron chi connectivity index (χ0n) is 36.5. The first-order valence-corrected chi connectivity index (χ1v) is 23.9. The highest BCUT2D eigenvalue weighted by Crippen LogP contribution is 2.51. The van der Waals surface area contributed by atoms with Crippen molar-refractivity contribution in [1.29, 1.82) is 0 Å². The lowest BCUT2D eigenvalue weighted by molar-refractivity contribution is 1.11. The molecule has 15 aromatic rings. The molecule has 0 bridgehead atoms. The van der Waals surface area contributed by atoms with Crippen LogP contribution in [0, 0.1) is 0 Å². The molecule has 3 aliphatic rings. The van der Waals surface area contributed by atoms with Crippen molar-refractivity contribution >= 4 is 132 Å². The van der Waals surface area contributed by atoms with E-state index in [0.717, 1.165) is 5.69 Å². The number of aromatic nitrogens is 3. The molecule has 308 valence electrons. The molecule has 3 aromatic heterocycles. The normalized spacial score (nSPS) is 13.3. The molecule has 0 amide bonds. The van der Waals surface area contributed by atoms with Gasteiger partial charge in [0, 0.05) is 43.7 Å². The lowest BCUT2D eigenvalue weighted by atomic mass is 9.34. The second-order valence-corrected chi connectivity index (χ2v) is 19.5. The average molecular weight is 856 g/mol. The van der Waals surface area contributed by atoms with E-state index in [1.165, 1.54) is 159 Å². The van der Waals surface area contributed by atoms with Gasteiger partial charge in [-0.15, -0.1) is 0 Å². The summed E-state index contributed by atoms with van der Waals surface area (Å²) in [6.45, 7) is -0.0229. The van der Waals surface area contributed by atoms with Crippen LogP contribution in [-0.4, -0.2) is 20.4 Å². The Hall–Kier alpha value is -8.86. The molecular weight excluding hydrogens is 822 g/mol. The Morgan fingerprint density at radius 1 is 0.279 bits per heavy atom. The van der Waals surface area contributed by atoms with Crippen molar-refractivity contribution in [3.63, 3.8) is 0 Å². The number of benzene rings is 12. The Morgan fingerprint density at radius 2 is 0.765 bits per heavy atom. The third-order valence-corrected chi connectivity index (χ3v) is 16.4. The first kappa shape index (κ1) is 34.5. The predicted molar refractivity (Wildman–Crippen MR) is 289 cm³/mol. The summed E-state index contributed by atoms with van der Waals surface area (Å²) in [6.07, 6.45) is 0. The van der Waals surface area contributed by atoms with Crippen molar-refractivity contribution < 1.29 is 0 Å². The summed E-state index contributed by atoms with van der Waals surface area (Å²) >= 11 is 0. The quantitative estimate of drug-likeness (QED) is 0.146. The molecule has 12 aromatic carbocycles. The molecule has 0 radical (unpaired) electrons. The molecule has 0 N–H and O–H groups in total. The van der Waals surface area contributed by atoms with Crippen molar-refractivity contribution in [2.75, 3.05) is 0 Å². The van der Waals surface area contributed by atoms with Crippen molar-refractivity contribution in [3.8, 4) is 39.3 Å². The first-order valence-electron chi connectivity index (χ1n) is 23.9. The van der Waals surface area contributed by atoms with Crippen LogP contribution in [-0.2, 0) is 0 Å². The molecule has 4 heteroatoms. The number of rotatable bonds is 1.